The summed E-state index contributed by atoms with van der Waals surface area (Å²) in [7, 11) is 1.63. The highest BCUT2D eigenvalue weighted by atomic mass is 16.3. The number of nitrogens with zero attached hydrogens (tertiary/aromatic N) is 1. The molecule has 5 nitrogen and oxygen atoms in total. The van der Waals surface area contributed by atoms with Gasteiger partial charge in [0.25, 0.3) is 11.5 Å². The van der Waals surface area contributed by atoms with Crippen molar-refractivity contribution in [3.63, 3.8) is 0 Å². The largest absolute Gasteiger partial charge is 0.456 e. The Hall–Kier alpha value is -2.30. The van der Waals surface area contributed by atoms with Gasteiger partial charge in [-0.2, -0.15) is 0 Å². The highest BCUT2D eigenvalue weighted by Gasteiger charge is 2.12. The summed E-state index contributed by atoms with van der Waals surface area (Å²) in [5, 5.41) is 2.54. The Morgan fingerprint density at radius 3 is 2.83 bits per heavy atom. The van der Waals surface area contributed by atoms with E-state index in [0.29, 0.717) is 0 Å². The number of furan rings is 1. The van der Waals surface area contributed by atoms with Crippen molar-refractivity contribution in [2.24, 2.45) is 7.05 Å². The third-order valence-corrected chi connectivity index (χ3v) is 2.61. The Labute approximate surface area is 104 Å². The number of amides is 1. The molecule has 2 aromatic rings. The summed E-state index contributed by atoms with van der Waals surface area (Å²) in [4.78, 5) is 23.6. The molecule has 2 aromatic heterocycles. The lowest BCUT2D eigenvalue weighted by atomic mass is 10.3. The van der Waals surface area contributed by atoms with Gasteiger partial charge in [0.2, 0.25) is 0 Å². The molecule has 2 heterocycles. The number of nitrogens with one attached hydrogen (secondary N) is 1. The van der Waals surface area contributed by atoms with Gasteiger partial charge >= 0.3 is 0 Å². The molecular weight excluding hydrogens is 232 g/mol. The average Bonchev–Trinajstić information content (AvgIpc) is 2.83. The molecule has 2 rings (SSSR count). The number of aryl methyl sites for hydroxylation is 2. The van der Waals surface area contributed by atoms with Crippen molar-refractivity contribution in [2.45, 2.75) is 13.3 Å². The van der Waals surface area contributed by atoms with Crippen molar-refractivity contribution in [1.29, 1.82) is 0 Å². The number of anilines is 1. The van der Waals surface area contributed by atoms with Crippen molar-refractivity contribution < 1.29 is 9.21 Å². The van der Waals surface area contributed by atoms with Crippen LogP contribution in [0.15, 0.2) is 39.7 Å². The first-order chi connectivity index (χ1) is 8.61. The molecule has 0 spiro atoms. The van der Waals surface area contributed by atoms with Crippen LogP contribution in [0.5, 0.6) is 0 Å². The normalized spacial score (nSPS) is 10.3. The SMILES string of the molecule is CCc1ccc(C(=O)Nc2cccn(C)c2=O)o1. The predicted molar refractivity (Wildman–Crippen MR) is 67.7 cm³/mol. The fourth-order valence-corrected chi connectivity index (χ4v) is 1.57. The highest BCUT2D eigenvalue weighted by molar-refractivity contribution is 6.02. The van der Waals surface area contributed by atoms with Gasteiger partial charge in [0.05, 0.1) is 0 Å². The summed E-state index contributed by atoms with van der Waals surface area (Å²) in [6, 6.07) is 6.60. The van der Waals surface area contributed by atoms with E-state index in [2.05, 4.69) is 5.32 Å². The topological polar surface area (TPSA) is 64.2 Å². The predicted octanol–water partition coefficient (Wildman–Crippen LogP) is 1.79. The molecule has 0 aliphatic heterocycles. The molecule has 0 bridgehead atoms. The van der Waals surface area contributed by atoms with Crippen LogP contribution in [0.2, 0.25) is 0 Å². The summed E-state index contributed by atoms with van der Waals surface area (Å²) >= 11 is 0. The molecule has 0 radical (unpaired) electrons. The molecule has 1 N–H and O–H groups in total. The van der Waals surface area contributed by atoms with Gasteiger partial charge in [0, 0.05) is 19.7 Å². The number of aromatic nitrogens is 1. The molecule has 5 heteroatoms. The van der Waals surface area contributed by atoms with Crippen LogP contribution in [0, 0.1) is 0 Å². The number of hydrogen-bond acceptors (Lipinski definition) is 3. The summed E-state index contributed by atoms with van der Waals surface area (Å²) < 4.78 is 6.71. The minimum Gasteiger partial charge on any atom is -0.456 e. The van der Waals surface area contributed by atoms with Gasteiger partial charge in [-0.25, -0.2) is 0 Å². The van der Waals surface area contributed by atoms with E-state index in [1.54, 1.807) is 37.5 Å². The van der Waals surface area contributed by atoms with Gasteiger partial charge in [0.1, 0.15) is 11.4 Å². The third-order valence-electron chi connectivity index (χ3n) is 2.61. The standard InChI is InChI=1S/C13H14N2O3/c1-3-9-6-7-11(18-9)12(16)14-10-5-4-8-15(2)13(10)17/h4-8H,3H2,1-2H3,(H,14,16). The monoisotopic (exact) mass is 246 g/mol. The molecule has 0 aliphatic rings. The van der Waals surface area contributed by atoms with E-state index in [0.717, 1.165) is 12.2 Å². The summed E-state index contributed by atoms with van der Waals surface area (Å²) in [5.74, 6) is 0.525. The maximum absolute atomic E-state index is 11.9. The summed E-state index contributed by atoms with van der Waals surface area (Å²) in [6.45, 7) is 1.94. The van der Waals surface area contributed by atoms with Crippen LogP contribution in [0.1, 0.15) is 23.2 Å². The Kier molecular flexibility index (Phi) is 3.32. The fourth-order valence-electron chi connectivity index (χ4n) is 1.57. The highest BCUT2D eigenvalue weighted by Crippen LogP contribution is 2.10. The van der Waals surface area contributed by atoms with Gasteiger partial charge in [0.15, 0.2) is 5.76 Å². The number of carbonyl (C=O) groups excluding carboxylic acids is 1. The van der Waals surface area contributed by atoms with Crippen LogP contribution in [-0.2, 0) is 13.5 Å². The van der Waals surface area contributed by atoms with E-state index >= 15 is 0 Å². The lowest BCUT2D eigenvalue weighted by Crippen LogP contribution is -2.23. The second kappa shape index (κ2) is 4.91. The molecule has 18 heavy (non-hydrogen) atoms. The van der Waals surface area contributed by atoms with Crippen LogP contribution >= 0.6 is 0 Å². The Morgan fingerprint density at radius 1 is 1.39 bits per heavy atom. The van der Waals surface area contributed by atoms with Gasteiger partial charge in [-0.3, -0.25) is 9.59 Å². The number of pyridine rings is 1. The summed E-state index contributed by atoms with van der Waals surface area (Å²) in [5.41, 5.74) is -0.0208. The van der Waals surface area contributed by atoms with Crippen molar-refractivity contribution in [3.05, 3.63) is 52.3 Å². The van der Waals surface area contributed by atoms with E-state index in [-0.39, 0.29) is 17.0 Å². The molecule has 0 saturated carbocycles. The van der Waals surface area contributed by atoms with Gasteiger partial charge in [-0.05, 0) is 24.3 Å². The molecule has 0 saturated heterocycles. The van der Waals surface area contributed by atoms with Crippen LogP contribution in [-0.4, -0.2) is 10.5 Å². The fraction of sp³-hybridized carbons (Fsp3) is 0.231. The van der Waals surface area contributed by atoms with Crippen LogP contribution in [0.25, 0.3) is 0 Å². The zero-order valence-electron chi connectivity index (χ0n) is 10.3. The van der Waals surface area contributed by atoms with Crippen LogP contribution in [0.3, 0.4) is 0 Å². The van der Waals surface area contributed by atoms with Crippen LogP contribution < -0.4 is 10.9 Å². The second-order valence-electron chi connectivity index (χ2n) is 3.91. The van der Waals surface area contributed by atoms with Crippen molar-refractivity contribution in [3.8, 4) is 0 Å². The third kappa shape index (κ3) is 2.34. The molecule has 0 fully saturated rings. The van der Waals surface area contributed by atoms with Gasteiger partial charge < -0.3 is 14.3 Å². The zero-order chi connectivity index (χ0) is 13.1. The van der Waals surface area contributed by atoms with Crippen molar-refractivity contribution in [1.82, 2.24) is 4.57 Å². The van der Waals surface area contributed by atoms with E-state index in [1.807, 2.05) is 6.92 Å². The maximum Gasteiger partial charge on any atom is 0.291 e. The van der Waals surface area contributed by atoms with E-state index < -0.39 is 5.91 Å². The second-order valence-corrected chi connectivity index (χ2v) is 3.91. The Morgan fingerprint density at radius 2 is 2.17 bits per heavy atom. The molecule has 1 amide bonds. The lowest BCUT2D eigenvalue weighted by Gasteiger charge is -2.04. The maximum atomic E-state index is 11.9. The lowest BCUT2D eigenvalue weighted by molar-refractivity contribution is 0.0995. The van der Waals surface area contributed by atoms with Crippen molar-refractivity contribution >= 4 is 11.6 Å². The van der Waals surface area contributed by atoms with E-state index in [4.69, 9.17) is 4.42 Å². The summed E-state index contributed by atoms with van der Waals surface area (Å²) in [6.07, 6.45) is 2.35. The Balaban J connectivity index is 2.21. The minimum atomic E-state index is -0.419. The van der Waals surface area contributed by atoms with Crippen LogP contribution in [0.4, 0.5) is 5.69 Å². The number of rotatable bonds is 3. The molecule has 94 valence electrons. The zero-order valence-corrected chi connectivity index (χ0v) is 10.3. The molecule has 0 aromatic carbocycles. The first kappa shape index (κ1) is 12.2. The number of carbonyl (C=O) groups is 1. The van der Waals surface area contributed by atoms with Crippen molar-refractivity contribution in [2.75, 3.05) is 5.32 Å². The quantitative estimate of drug-likeness (QED) is 0.898. The molecule has 0 aliphatic carbocycles. The van der Waals surface area contributed by atoms with E-state index in [9.17, 15) is 9.59 Å². The first-order valence-corrected chi connectivity index (χ1v) is 5.67. The number of hydrogen-bond donors (Lipinski definition) is 1. The van der Waals surface area contributed by atoms with E-state index in [1.165, 1.54) is 4.57 Å². The smallest absolute Gasteiger partial charge is 0.291 e. The first-order valence-electron chi connectivity index (χ1n) is 5.67. The molecule has 0 unspecified atom stereocenters. The minimum absolute atomic E-state index is 0.206. The molecular formula is C13H14N2O3. The Bertz CT molecular complexity index is 625. The molecule has 0 atom stereocenters. The average molecular weight is 246 g/mol. The van der Waals surface area contributed by atoms with Gasteiger partial charge in [-0.15, -0.1) is 0 Å². The van der Waals surface area contributed by atoms with Gasteiger partial charge in [-0.1, -0.05) is 6.92 Å².